The monoisotopic (exact) mass is 206 g/mol. The normalized spacial score (nSPS) is 10.4. The van der Waals surface area contributed by atoms with Crippen LogP contribution in [0, 0.1) is 0 Å². The zero-order chi connectivity index (χ0) is 9.97. The van der Waals surface area contributed by atoms with Crippen LogP contribution in [-0.2, 0) is 6.54 Å². The number of nitrogens with zero attached hydrogens (tertiary/aromatic N) is 2. The molecule has 3 heteroatoms. The number of benzene rings is 1. The summed E-state index contributed by atoms with van der Waals surface area (Å²) < 4.78 is 2.07. The van der Waals surface area contributed by atoms with E-state index in [-0.39, 0.29) is 0 Å². The molecule has 0 aliphatic rings. The van der Waals surface area contributed by atoms with E-state index in [1.165, 1.54) is 0 Å². The number of aryl methyl sites for hydroxylation is 1. The van der Waals surface area contributed by atoms with Crippen LogP contribution in [0.3, 0.4) is 0 Å². The average Bonchev–Trinajstić information content (AvgIpc) is 2.66. The summed E-state index contributed by atoms with van der Waals surface area (Å²) in [5.41, 5.74) is 0.987. The summed E-state index contributed by atoms with van der Waals surface area (Å²) >= 11 is 6.09. The predicted molar refractivity (Wildman–Crippen MR) is 58.3 cm³/mol. The molecule has 72 valence electrons. The van der Waals surface area contributed by atoms with Crippen molar-refractivity contribution in [2.45, 2.75) is 13.5 Å². The lowest BCUT2D eigenvalue weighted by atomic mass is 10.2. The van der Waals surface area contributed by atoms with Gasteiger partial charge in [0, 0.05) is 24.5 Å². The van der Waals surface area contributed by atoms with E-state index in [4.69, 9.17) is 11.6 Å². The summed E-state index contributed by atoms with van der Waals surface area (Å²) in [6.07, 6.45) is 3.75. The van der Waals surface area contributed by atoms with Crippen LogP contribution in [0.25, 0.3) is 11.4 Å². The van der Waals surface area contributed by atoms with Crippen molar-refractivity contribution in [3.8, 4) is 11.4 Å². The van der Waals surface area contributed by atoms with Crippen LogP contribution < -0.4 is 0 Å². The van der Waals surface area contributed by atoms with Crippen molar-refractivity contribution < 1.29 is 0 Å². The molecular weight excluding hydrogens is 196 g/mol. The number of halogens is 1. The van der Waals surface area contributed by atoms with Crippen molar-refractivity contribution in [3.63, 3.8) is 0 Å². The second-order valence-electron chi connectivity index (χ2n) is 3.02. The number of rotatable bonds is 2. The summed E-state index contributed by atoms with van der Waals surface area (Å²) in [5, 5.41) is 0.744. The minimum atomic E-state index is 0.744. The van der Waals surface area contributed by atoms with Crippen LogP contribution >= 0.6 is 11.6 Å². The first-order chi connectivity index (χ1) is 6.83. The molecule has 2 aromatic rings. The lowest BCUT2D eigenvalue weighted by Crippen LogP contribution is -1.96. The Morgan fingerprint density at radius 1 is 1.36 bits per heavy atom. The van der Waals surface area contributed by atoms with Gasteiger partial charge in [-0.05, 0) is 19.1 Å². The first-order valence-electron chi connectivity index (χ1n) is 4.59. The molecule has 0 amide bonds. The van der Waals surface area contributed by atoms with Gasteiger partial charge >= 0.3 is 0 Å². The zero-order valence-electron chi connectivity index (χ0n) is 7.94. The third kappa shape index (κ3) is 1.53. The molecule has 0 spiro atoms. The maximum atomic E-state index is 6.09. The van der Waals surface area contributed by atoms with Gasteiger partial charge in [-0.3, -0.25) is 0 Å². The number of imidazole rings is 1. The summed E-state index contributed by atoms with van der Waals surface area (Å²) in [5.74, 6) is 0.929. The summed E-state index contributed by atoms with van der Waals surface area (Å²) in [6, 6.07) is 7.75. The van der Waals surface area contributed by atoms with E-state index in [1.54, 1.807) is 6.20 Å². The van der Waals surface area contributed by atoms with Crippen molar-refractivity contribution in [1.82, 2.24) is 9.55 Å². The molecule has 0 bridgehead atoms. The van der Waals surface area contributed by atoms with Gasteiger partial charge in [0.2, 0.25) is 0 Å². The van der Waals surface area contributed by atoms with Crippen LogP contribution in [0.5, 0.6) is 0 Å². The van der Waals surface area contributed by atoms with Crippen molar-refractivity contribution in [3.05, 3.63) is 41.7 Å². The summed E-state index contributed by atoms with van der Waals surface area (Å²) in [4.78, 5) is 4.30. The molecule has 1 heterocycles. The highest BCUT2D eigenvalue weighted by Gasteiger charge is 2.07. The predicted octanol–water partition coefficient (Wildman–Crippen LogP) is 3.22. The number of aromatic nitrogens is 2. The van der Waals surface area contributed by atoms with E-state index < -0.39 is 0 Å². The van der Waals surface area contributed by atoms with E-state index in [0.29, 0.717) is 0 Å². The van der Waals surface area contributed by atoms with E-state index in [2.05, 4.69) is 16.5 Å². The highest BCUT2D eigenvalue weighted by Crippen LogP contribution is 2.25. The molecule has 0 aliphatic heterocycles. The van der Waals surface area contributed by atoms with Gasteiger partial charge in [-0.15, -0.1) is 0 Å². The van der Waals surface area contributed by atoms with Crippen LogP contribution in [-0.4, -0.2) is 9.55 Å². The lowest BCUT2D eigenvalue weighted by molar-refractivity contribution is 0.771. The molecule has 0 saturated heterocycles. The highest BCUT2D eigenvalue weighted by atomic mass is 35.5. The minimum absolute atomic E-state index is 0.744. The molecule has 0 radical (unpaired) electrons. The molecule has 0 unspecified atom stereocenters. The Morgan fingerprint density at radius 3 is 2.86 bits per heavy atom. The van der Waals surface area contributed by atoms with Crippen molar-refractivity contribution in [2.24, 2.45) is 0 Å². The third-order valence-corrected chi connectivity index (χ3v) is 2.50. The zero-order valence-corrected chi connectivity index (χ0v) is 8.70. The fourth-order valence-electron chi connectivity index (χ4n) is 1.45. The molecule has 2 nitrogen and oxygen atoms in total. The van der Waals surface area contributed by atoms with Gasteiger partial charge < -0.3 is 4.57 Å². The quantitative estimate of drug-likeness (QED) is 0.738. The minimum Gasteiger partial charge on any atom is -0.331 e. The lowest BCUT2D eigenvalue weighted by Gasteiger charge is -2.05. The standard InChI is InChI=1S/C11H11ClN2/c1-2-14-8-7-13-11(14)9-5-3-4-6-10(9)12/h3-8H,2H2,1H3. The molecule has 1 aromatic heterocycles. The summed E-state index contributed by atoms with van der Waals surface area (Å²) in [7, 11) is 0. The Hall–Kier alpha value is -1.28. The van der Waals surface area contributed by atoms with E-state index in [9.17, 15) is 0 Å². The Kier molecular flexibility index (Phi) is 2.55. The van der Waals surface area contributed by atoms with Gasteiger partial charge in [-0.2, -0.15) is 0 Å². The van der Waals surface area contributed by atoms with E-state index in [0.717, 1.165) is 23.0 Å². The Balaban J connectivity index is 2.54. The summed E-state index contributed by atoms with van der Waals surface area (Å²) in [6.45, 7) is 2.99. The molecule has 1 aromatic carbocycles. The fourth-order valence-corrected chi connectivity index (χ4v) is 1.67. The molecule has 0 fully saturated rings. The van der Waals surface area contributed by atoms with Gasteiger partial charge in [0.15, 0.2) is 0 Å². The Bertz CT molecular complexity index is 434. The topological polar surface area (TPSA) is 17.8 Å². The average molecular weight is 207 g/mol. The van der Waals surface area contributed by atoms with Gasteiger partial charge in [-0.1, -0.05) is 23.7 Å². The van der Waals surface area contributed by atoms with Crippen LogP contribution in [0.1, 0.15) is 6.92 Å². The van der Waals surface area contributed by atoms with Gasteiger partial charge in [0.05, 0.1) is 5.02 Å². The smallest absolute Gasteiger partial charge is 0.141 e. The van der Waals surface area contributed by atoms with E-state index in [1.807, 2.05) is 30.5 Å². The highest BCUT2D eigenvalue weighted by molar-refractivity contribution is 6.33. The van der Waals surface area contributed by atoms with Crippen molar-refractivity contribution in [2.75, 3.05) is 0 Å². The maximum absolute atomic E-state index is 6.09. The van der Waals surface area contributed by atoms with Crippen LogP contribution in [0.4, 0.5) is 0 Å². The van der Waals surface area contributed by atoms with Gasteiger partial charge in [-0.25, -0.2) is 4.98 Å². The fraction of sp³-hybridized carbons (Fsp3) is 0.182. The number of hydrogen-bond donors (Lipinski definition) is 0. The Morgan fingerprint density at radius 2 is 2.14 bits per heavy atom. The molecule has 0 atom stereocenters. The molecule has 14 heavy (non-hydrogen) atoms. The maximum Gasteiger partial charge on any atom is 0.141 e. The van der Waals surface area contributed by atoms with Gasteiger partial charge in [0.1, 0.15) is 5.82 Å². The molecule has 0 saturated carbocycles. The Labute approximate surface area is 88.2 Å². The first-order valence-corrected chi connectivity index (χ1v) is 4.96. The first kappa shape index (κ1) is 9.28. The molecule has 0 aliphatic carbocycles. The van der Waals surface area contributed by atoms with Crippen LogP contribution in [0.15, 0.2) is 36.7 Å². The molecular formula is C11H11ClN2. The van der Waals surface area contributed by atoms with Crippen LogP contribution in [0.2, 0.25) is 5.02 Å². The van der Waals surface area contributed by atoms with Crippen molar-refractivity contribution >= 4 is 11.6 Å². The van der Waals surface area contributed by atoms with Gasteiger partial charge in [0.25, 0.3) is 0 Å². The second kappa shape index (κ2) is 3.84. The van der Waals surface area contributed by atoms with E-state index >= 15 is 0 Å². The van der Waals surface area contributed by atoms with Crippen molar-refractivity contribution in [1.29, 1.82) is 0 Å². The molecule has 2 rings (SSSR count). The largest absolute Gasteiger partial charge is 0.331 e. The number of hydrogen-bond acceptors (Lipinski definition) is 1. The second-order valence-corrected chi connectivity index (χ2v) is 3.42. The third-order valence-electron chi connectivity index (χ3n) is 2.17. The molecule has 0 N–H and O–H groups in total. The SMILES string of the molecule is CCn1ccnc1-c1ccccc1Cl.